The number of ether oxygens (including phenoxy) is 4. The Hall–Kier alpha value is -3.38. The maximum absolute atomic E-state index is 14.1. The summed E-state index contributed by atoms with van der Waals surface area (Å²) < 4.78 is 65.6. The second-order valence-electron chi connectivity index (χ2n) is 12.6. The number of sulfonamides is 1. The number of carbonyl (C=O) groups excluding carboxylic acids is 2. The van der Waals surface area contributed by atoms with Crippen LogP contribution in [0, 0.1) is 5.82 Å². The lowest BCUT2D eigenvalue weighted by Gasteiger charge is -2.38. The van der Waals surface area contributed by atoms with E-state index in [0.29, 0.717) is 31.0 Å². The predicted molar refractivity (Wildman–Crippen MR) is 160 cm³/mol. The van der Waals surface area contributed by atoms with Crippen molar-refractivity contribution >= 4 is 21.8 Å². The Morgan fingerprint density at radius 3 is 2.60 bits per heavy atom. The van der Waals surface area contributed by atoms with Gasteiger partial charge >= 0.3 is 0 Å². The molecule has 0 aliphatic carbocycles. The second kappa shape index (κ2) is 12.9. The number of nitrogens with one attached hydrogen (secondary N) is 1. The zero-order valence-corrected chi connectivity index (χ0v) is 26.3. The number of halogens is 1. The number of hydrogen-bond donors (Lipinski definition) is 3. The molecule has 0 saturated carbocycles. The molecule has 4 fully saturated rings. The number of nitrogens with zero attached hydrogens (tertiary/aromatic N) is 3. The number of rotatable bonds is 4. The van der Waals surface area contributed by atoms with E-state index in [9.17, 15) is 32.6 Å². The van der Waals surface area contributed by atoms with Crippen molar-refractivity contribution in [1.82, 2.24) is 19.4 Å². The molecule has 6 bridgehead atoms. The molecule has 0 unspecified atom stereocenters. The van der Waals surface area contributed by atoms with Crippen LogP contribution in [-0.4, -0.2) is 133 Å². The molecule has 254 valence electrons. The fourth-order valence-electron chi connectivity index (χ4n) is 7.04. The largest absolute Gasteiger partial charge is 0.454 e. The second-order valence-corrected chi connectivity index (χ2v) is 14.5. The number of hydrogen-bond acceptors (Lipinski definition) is 11. The van der Waals surface area contributed by atoms with Gasteiger partial charge in [-0.1, -0.05) is 12.1 Å². The summed E-state index contributed by atoms with van der Waals surface area (Å²) >= 11 is 0. The summed E-state index contributed by atoms with van der Waals surface area (Å²) in [5.41, 5.74) is 0.894. The van der Waals surface area contributed by atoms with Crippen LogP contribution in [0.15, 0.2) is 47.4 Å². The van der Waals surface area contributed by atoms with Crippen molar-refractivity contribution in [3.05, 3.63) is 53.8 Å². The van der Waals surface area contributed by atoms with Gasteiger partial charge in [0.05, 0.1) is 36.2 Å². The molecule has 47 heavy (non-hydrogen) atoms. The summed E-state index contributed by atoms with van der Waals surface area (Å²) in [4.78, 5) is 30.7. The molecule has 7 rings (SSSR count). The molecular formula is C31H37FN4O10S. The summed E-state index contributed by atoms with van der Waals surface area (Å²) in [5.74, 6) is -0.0985. The number of amides is 2. The van der Waals surface area contributed by atoms with Crippen molar-refractivity contribution in [3.8, 4) is 11.5 Å². The van der Waals surface area contributed by atoms with Crippen molar-refractivity contribution in [2.24, 2.45) is 0 Å². The Labute approximate surface area is 271 Å². The van der Waals surface area contributed by atoms with Gasteiger partial charge in [0.1, 0.15) is 24.1 Å². The molecule has 2 aromatic rings. The summed E-state index contributed by atoms with van der Waals surface area (Å²) in [5, 5.41) is 24.7. The van der Waals surface area contributed by atoms with Gasteiger partial charge < -0.3 is 39.4 Å². The van der Waals surface area contributed by atoms with Crippen molar-refractivity contribution < 1.29 is 51.6 Å². The van der Waals surface area contributed by atoms with Crippen LogP contribution in [0.5, 0.6) is 11.5 Å². The number of benzene rings is 2. The smallest absolute Gasteiger partial charge is 0.243 e. The molecular weight excluding hydrogens is 639 g/mol. The quantitative estimate of drug-likeness (QED) is 0.379. The summed E-state index contributed by atoms with van der Waals surface area (Å²) in [6, 6.07) is 9.17. The molecule has 0 spiro atoms. The third-order valence-electron chi connectivity index (χ3n) is 9.40. The Kier molecular flexibility index (Phi) is 8.84. The normalized spacial score (nSPS) is 32.1. The number of carbonyl (C=O) groups is 2. The molecule has 0 aromatic heterocycles. The molecule has 2 amide bonds. The number of likely N-dealkylation sites (tertiary alicyclic amines) is 1. The van der Waals surface area contributed by atoms with Crippen LogP contribution in [0.4, 0.5) is 4.39 Å². The lowest BCUT2D eigenvalue weighted by atomic mass is 10.0. The first-order chi connectivity index (χ1) is 22.5. The van der Waals surface area contributed by atoms with Crippen LogP contribution in [0.2, 0.25) is 0 Å². The molecule has 5 aliphatic heterocycles. The minimum absolute atomic E-state index is 0.0821. The van der Waals surface area contributed by atoms with Gasteiger partial charge in [-0.2, -0.15) is 4.31 Å². The number of morpholine rings is 1. The number of aliphatic hydroxyl groups is 2. The Morgan fingerprint density at radius 1 is 0.957 bits per heavy atom. The summed E-state index contributed by atoms with van der Waals surface area (Å²) in [6.07, 6.45) is -5.95. The standard InChI is InChI=1S/C31H37FN4O10S/c32-19-2-1-3-22(9-19)47(41,42)36-15-21-14-34(6-7-43-21)31(40)23-10-20(33-28(37)11-26-29(38)30(39)27(16-36)46-26)13-35(23)12-18-4-5-24-25(8-18)45-17-44-24/h1-5,8-9,20-21,23,26-27,29-30,38-39H,6-7,10-17H2,(H,33,37)/t20-,21-,23-,26-,27+,29-,30+/m0/s1. The van der Waals surface area contributed by atoms with Gasteiger partial charge in [0.25, 0.3) is 0 Å². The Morgan fingerprint density at radius 2 is 1.77 bits per heavy atom. The first-order valence-corrected chi connectivity index (χ1v) is 17.1. The lowest BCUT2D eigenvalue weighted by molar-refractivity contribution is -0.144. The Bertz CT molecular complexity index is 1630. The van der Waals surface area contributed by atoms with Crippen molar-refractivity contribution in [1.29, 1.82) is 0 Å². The molecule has 5 heterocycles. The fourth-order valence-corrected chi connectivity index (χ4v) is 8.56. The zero-order valence-electron chi connectivity index (χ0n) is 25.4. The number of fused-ring (bicyclic) bond motifs is 7. The highest BCUT2D eigenvalue weighted by atomic mass is 32.2. The number of aliphatic hydroxyl groups excluding tert-OH is 2. The summed E-state index contributed by atoms with van der Waals surface area (Å²) in [7, 11) is -4.35. The van der Waals surface area contributed by atoms with Gasteiger partial charge in [0.2, 0.25) is 28.6 Å². The SMILES string of the molecule is O=C1C[C@@H]2O[C@H](CN(S(=O)(=O)c3cccc(F)c3)C[C@@H]3CN(CCO3)C(=O)[C@@H]3C[C@@H](CN3Cc3ccc4c(c3)OCO4)N1)[C@@H](O)[C@H]2O. The highest BCUT2D eigenvalue weighted by molar-refractivity contribution is 7.89. The van der Waals surface area contributed by atoms with Crippen molar-refractivity contribution in [2.75, 3.05) is 46.1 Å². The average Bonchev–Trinajstić information content (AvgIpc) is 3.74. The van der Waals surface area contributed by atoms with Gasteiger partial charge in [-0.15, -0.1) is 0 Å². The fraction of sp³-hybridized carbons (Fsp3) is 0.548. The van der Waals surface area contributed by atoms with E-state index in [0.717, 1.165) is 22.0 Å². The first-order valence-electron chi connectivity index (χ1n) is 15.6. The minimum atomic E-state index is -4.35. The molecule has 14 nitrogen and oxygen atoms in total. The van der Waals surface area contributed by atoms with Crippen LogP contribution in [-0.2, 0) is 35.6 Å². The topological polar surface area (TPSA) is 167 Å². The minimum Gasteiger partial charge on any atom is -0.454 e. The van der Waals surface area contributed by atoms with E-state index < -0.39 is 64.9 Å². The van der Waals surface area contributed by atoms with Gasteiger partial charge in [-0.25, -0.2) is 12.8 Å². The van der Waals surface area contributed by atoms with Crippen LogP contribution in [0.3, 0.4) is 0 Å². The van der Waals surface area contributed by atoms with Crippen molar-refractivity contribution in [3.63, 3.8) is 0 Å². The van der Waals surface area contributed by atoms with Gasteiger partial charge in [0.15, 0.2) is 11.5 Å². The lowest BCUT2D eigenvalue weighted by Crippen LogP contribution is -2.55. The van der Waals surface area contributed by atoms with Gasteiger partial charge in [0, 0.05) is 45.3 Å². The zero-order chi connectivity index (χ0) is 32.9. The van der Waals surface area contributed by atoms with E-state index in [1.54, 1.807) is 4.90 Å². The van der Waals surface area contributed by atoms with E-state index in [-0.39, 0.29) is 56.3 Å². The Balaban J connectivity index is 1.18. The van der Waals surface area contributed by atoms with E-state index in [1.807, 2.05) is 23.1 Å². The highest BCUT2D eigenvalue weighted by Gasteiger charge is 2.47. The van der Waals surface area contributed by atoms with E-state index in [1.165, 1.54) is 12.1 Å². The van der Waals surface area contributed by atoms with E-state index in [2.05, 4.69) is 5.32 Å². The summed E-state index contributed by atoms with van der Waals surface area (Å²) in [6.45, 7) is 0.793. The van der Waals surface area contributed by atoms with Gasteiger partial charge in [-0.05, 0) is 42.3 Å². The molecule has 3 N–H and O–H groups in total. The van der Waals surface area contributed by atoms with E-state index >= 15 is 0 Å². The predicted octanol–water partition coefficient (Wildman–Crippen LogP) is -0.575. The molecule has 5 aliphatic rings. The molecule has 4 saturated heterocycles. The molecule has 7 atom stereocenters. The molecule has 16 heteroatoms. The van der Waals surface area contributed by atoms with Crippen LogP contribution < -0.4 is 14.8 Å². The maximum atomic E-state index is 14.1. The third-order valence-corrected chi connectivity index (χ3v) is 11.2. The van der Waals surface area contributed by atoms with Gasteiger partial charge in [-0.3, -0.25) is 14.5 Å². The average molecular weight is 677 g/mol. The van der Waals surface area contributed by atoms with Crippen LogP contribution in [0.25, 0.3) is 0 Å². The third kappa shape index (κ3) is 6.55. The molecule has 2 aromatic carbocycles. The monoisotopic (exact) mass is 676 g/mol. The highest BCUT2D eigenvalue weighted by Crippen LogP contribution is 2.34. The van der Waals surface area contributed by atoms with Crippen LogP contribution in [0.1, 0.15) is 18.4 Å². The molecule has 0 radical (unpaired) electrons. The van der Waals surface area contributed by atoms with E-state index in [4.69, 9.17) is 18.9 Å². The first kappa shape index (κ1) is 32.2. The maximum Gasteiger partial charge on any atom is 0.243 e. The van der Waals surface area contributed by atoms with Crippen LogP contribution >= 0.6 is 0 Å². The van der Waals surface area contributed by atoms with Crippen molar-refractivity contribution in [2.45, 2.75) is 66.9 Å².